The lowest BCUT2D eigenvalue weighted by atomic mass is 10.1. The number of hydrogen-bond acceptors (Lipinski definition) is 2. The molecule has 17 heavy (non-hydrogen) atoms. The largest absolute Gasteiger partial charge is 0.384 e. The van der Waals surface area contributed by atoms with Crippen molar-refractivity contribution < 1.29 is 8.78 Å². The highest BCUT2D eigenvalue weighted by Gasteiger charge is 2.15. The molecule has 0 aromatic heterocycles. The third-order valence-corrected chi connectivity index (χ3v) is 2.82. The van der Waals surface area contributed by atoms with Crippen LogP contribution in [0, 0.1) is 0 Å². The maximum absolute atomic E-state index is 12.2. The van der Waals surface area contributed by atoms with Gasteiger partial charge in [0, 0.05) is 18.8 Å². The molecule has 1 heterocycles. The molecule has 1 N–H and O–H groups in total. The summed E-state index contributed by atoms with van der Waals surface area (Å²) >= 11 is 0. The average molecular weight is 263 g/mol. The monoisotopic (exact) mass is 262 g/mol. The van der Waals surface area contributed by atoms with Gasteiger partial charge < -0.3 is 5.32 Å². The Bertz CT molecular complexity index is 372. The molecule has 0 bridgehead atoms. The Balaban J connectivity index is 0.00000144. The van der Waals surface area contributed by atoms with Gasteiger partial charge >= 0.3 is 0 Å². The molecule has 1 aromatic carbocycles. The van der Waals surface area contributed by atoms with E-state index in [1.165, 1.54) is 5.56 Å². The van der Waals surface area contributed by atoms with E-state index < -0.39 is 6.43 Å². The van der Waals surface area contributed by atoms with Crippen molar-refractivity contribution in [3.8, 4) is 0 Å². The first kappa shape index (κ1) is 14.2. The number of halogens is 3. The number of fused-ring (bicyclic) bond motifs is 1. The summed E-state index contributed by atoms with van der Waals surface area (Å²) in [5.41, 5.74) is 3.55. The van der Waals surface area contributed by atoms with Crippen LogP contribution in [0.25, 0.3) is 0 Å². The summed E-state index contributed by atoms with van der Waals surface area (Å²) in [4.78, 5) is 1.65. The van der Waals surface area contributed by atoms with Crippen LogP contribution in [0.2, 0.25) is 0 Å². The van der Waals surface area contributed by atoms with Crippen molar-refractivity contribution in [3.63, 3.8) is 0 Å². The van der Waals surface area contributed by atoms with Crippen LogP contribution in [-0.2, 0) is 13.0 Å². The van der Waals surface area contributed by atoms with Gasteiger partial charge in [-0.2, -0.15) is 0 Å². The molecule has 2 nitrogen and oxygen atoms in total. The zero-order valence-electron chi connectivity index (χ0n) is 9.75. The van der Waals surface area contributed by atoms with Crippen LogP contribution in [0.1, 0.15) is 11.1 Å². The van der Waals surface area contributed by atoms with Crippen molar-refractivity contribution in [1.82, 2.24) is 4.90 Å². The van der Waals surface area contributed by atoms with Crippen molar-refractivity contribution in [3.05, 3.63) is 29.3 Å². The second-order valence-corrected chi connectivity index (χ2v) is 4.22. The molecule has 0 fully saturated rings. The lowest BCUT2D eigenvalue weighted by Gasteiger charge is -2.18. The molecule has 0 spiro atoms. The minimum Gasteiger partial charge on any atom is -0.384 e. The first-order valence-corrected chi connectivity index (χ1v) is 5.48. The summed E-state index contributed by atoms with van der Waals surface area (Å²) in [6.45, 7) is 1.34. The fourth-order valence-corrected chi connectivity index (χ4v) is 2.13. The van der Waals surface area contributed by atoms with Crippen molar-refractivity contribution in [2.24, 2.45) is 0 Å². The van der Waals surface area contributed by atoms with Crippen LogP contribution in [0.4, 0.5) is 14.5 Å². The van der Waals surface area contributed by atoms with E-state index in [9.17, 15) is 8.78 Å². The minimum atomic E-state index is -2.27. The maximum Gasteiger partial charge on any atom is 0.251 e. The van der Waals surface area contributed by atoms with Crippen LogP contribution in [0.3, 0.4) is 0 Å². The SMILES string of the molecule is CN(Cc1cccc2c1NCC2)CC(F)F.Cl. The highest BCUT2D eigenvalue weighted by molar-refractivity contribution is 5.85. The molecule has 1 aliphatic heterocycles. The number of rotatable bonds is 4. The third-order valence-electron chi connectivity index (χ3n) is 2.82. The van der Waals surface area contributed by atoms with Crippen molar-refractivity contribution in [2.45, 2.75) is 19.4 Å². The Morgan fingerprint density at radius 2 is 2.18 bits per heavy atom. The van der Waals surface area contributed by atoms with Crippen LogP contribution in [0.15, 0.2) is 18.2 Å². The van der Waals surface area contributed by atoms with Gasteiger partial charge in [0.1, 0.15) is 0 Å². The number of benzene rings is 1. The molecule has 0 atom stereocenters. The number of nitrogens with one attached hydrogen (secondary N) is 1. The van der Waals surface area contributed by atoms with E-state index in [1.54, 1.807) is 11.9 Å². The fourth-order valence-electron chi connectivity index (χ4n) is 2.13. The molecule has 2 rings (SSSR count). The summed E-state index contributed by atoms with van der Waals surface area (Å²) in [7, 11) is 1.72. The molecule has 1 aromatic rings. The summed E-state index contributed by atoms with van der Waals surface area (Å²) in [6.07, 6.45) is -1.24. The van der Waals surface area contributed by atoms with Gasteiger partial charge in [-0.1, -0.05) is 18.2 Å². The summed E-state index contributed by atoms with van der Waals surface area (Å²) in [5.74, 6) is 0. The van der Waals surface area contributed by atoms with E-state index in [0.29, 0.717) is 6.54 Å². The molecule has 0 amide bonds. The minimum absolute atomic E-state index is 0. The lowest BCUT2D eigenvalue weighted by molar-refractivity contribution is 0.0976. The number of para-hydroxylation sites is 1. The quantitative estimate of drug-likeness (QED) is 0.898. The second-order valence-electron chi connectivity index (χ2n) is 4.22. The van der Waals surface area contributed by atoms with Crippen molar-refractivity contribution >= 4 is 18.1 Å². The molecule has 0 saturated heterocycles. The highest BCUT2D eigenvalue weighted by atomic mass is 35.5. The van der Waals surface area contributed by atoms with E-state index in [-0.39, 0.29) is 19.0 Å². The van der Waals surface area contributed by atoms with Crippen LogP contribution in [-0.4, -0.2) is 31.5 Å². The Labute approximate surface area is 106 Å². The van der Waals surface area contributed by atoms with Gasteiger partial charge in [0.25, 0.3) is 6.43 Å². The zero-order valence-corrected chi connectivity index (χ0v) is 10.6. The topological polar surface area (TPSA) is 15.3 Å². The van der Waals surface area contributed by atoms with Gasteiger partial charge in [0.2, 0.25) is 0 Å². The predicted octanol–water partition coefficient (Wildman–Crippen LogP) is 2.77. The number of anilines is 1. The maximum atomic E-state index is 12.2. The Morgan fingerprint density at radius 1 is 1.41 bits per heavy atom. The number of hydrogen-bond donors (Lipinski definition) is 1. The normalized spacial score (nSPS) is 13.5. The molecule has 1 aliphatic rings. The van der Waals surface area contributed by atoms with E-state index in [4.69, 9.17) is 0 Å². The summed E-state index contributed by atoms with van der Waals surface area (Å²) in [5, 5.41) is 3.31. The zero-order chi connectivity index (χ0) is 11.5. The van der Waals surface area contributed by atoms with E-state index >= 15 is 0 Å². The van der Waals surface area contributed by atoms with Gasteiger partial charge in [-0.15, -0.1) is 12.4 Å². The van der Waals surface area contributed by atoms with Gasteiger partial charge in [0.15, 0.2) is 0 Å². The van der Waals surface area contributed by atoms with E-state index in [0.717, 1.165) is 24.2 Å². The molecule has 0 saturated carbocycles. The van der Waals surface area contributed by atoms with Gasteiger partial charge in [0.05, 0.1) is 6.54 Å². The number of nitrogens with zero attached hydrogens (tertiary/aromatic N) is 1. The predicted molar refractivity (Wildman–Crippen MR) is 68.2 cm³/mol. The fraction of sp³-hybridized carbons (Fsp3) is 0.500. The first-order chi connectivity index (χ1) is 7.66. The third kappa shape index (κ3) is 3.54. The standard InChI is InChI=1S/C12H16F2N2.ClH/c1-16(8-11(13)14)7-10-4-2-3-9-5-6-15-12(9)10;/h2-4,11,15H,5-8H2,1H3;1H. The molecule has 0 unspecified atom stereocenters. The average Bonchev–Trinajstić information content (AvgIpc) is 2.65. The number of alkyl halides is 2. The highest BCUT2D eigenvalue weighted by Crippen LogP contribution is 2.27. The molecule has 5 heteroatoms. The van der Waals surface area contributed by atoms with Gasteiger partial charge in [-0.3, -0.25) is 4.90 Å². The van der Waals surface area contributed by atoms with Crippen molar-refractivity contribution in [2.75, 3.05) is 25.5 Å². The Morgan fingerprint density at radius 3 is 2.88 bits per heavy atom. The lowest BCUT2D eigenvalue weighted by Crippen LogP contribution is -2.24. The smallest absolute Gasteiger partial charge is 0.251 e. The molecular formula is C12H17ClF2N2. The molecular weight excluding hydrogens is 246 g/mol. The van der Waals surface area contributed by atoms with Crippen LogP contribution in [0.5, 0.6) is 0 Å². The second kappa shape index (κ2) is 6.17. The van der Waals surface area contributed by atoms with E-state index in [2.05, 4.69) is 11.4 Å². The van der Waals surface area contributed by atoms with Crippen LogP contribution >= 0.6 is 12.4 Å². The Hall–Kier alpha value is -0.870. The van der Waals surface area contributed by atoms with Gasteiger partial charge in [-0.05, 0) is 24.6 Å². The summed E-state index contributed by atoms with van der Waals surface area (Å²) < 4.78 is 24.4. The van der Waals surface area contributed by atoms with Crippen LogP contribution < -0.4 is 5.32 Å². The van der Waals surface area contributed by atoms with Crippen molar-refractivity contribution in [1.29, 1.82) is 0 Å². The molecule has 0 radical (unpaired) electrons. The Kier molecular flexibility index (Phi) is 5.15. The van der Waals surface area contributed by atoms with Gasteiger partial charge in [-0.25, -0.2) is 8.78 Å². The first-order valence-electron chi connectivity index (χ1n) is 5.48. The molecule has 0 aliphatic carbocycles. The summed E-state index contributed by atoms with van der Waals surface area (Å²) in [6, 6.07) is 6.09. The molecule has 96 valence electrons. The van der Waals surface area contributed by atoms with E-state index in [1.807, 2.05) is 12.1 Å².